The second-order valence-corrected chi connectivity index (χ2v) is 6.61. The normalized spacial score (nSPS) is 12.0. The molecule has 1 rings (SSSR count). The van der Waals surface area contributed by atoms with Gasteiger partial charge in [0.1, 0.15) is 0 Å². The topological polar surface area (TPSA) is 55.4 Å². The lowest BCUT2D eigenvalue weighted by molar-refractivity contribution is -0.120. The summed E-state index contributed by atoms with van der Waals surface area (Å²) in [5.74, 6) is 0.839. The minimum atomic E-state index is -0.343. The van der Waals surface area contributed by atoms with Gasteiger partial charge in [0.15, 0.2) is 0 Å². The molecule has 0 saturated heterocycles. The molecule has 116 valence electrons. The van der Waals surface area contributed by atoms with Crippen LogP contribution in [0.15, 0.2) is 24.3 Å². The van der Waals surface area contributed by atoms with Crippen LogP contribution >= 0.6 is 11.8 Å². The number of amides is 1. The van der Waals surface area contributed by atoms with Crippen LogP contribution in [0.5, 0.6) is 0 Å². The van der Waals surface area contributed by atoms with Crippen molar-refractivity contribution in [3.8, 4) is 0 Å². The molecular weight excluding hydrogens is 286 g/mol. The molecule has 0 heterocycles. The Hall–Kier alpha value is -1.49. The Labute approximate surface area is 130 Å². The van der Waals surface area contributed by atoms with E-state index in [4.69, 9.17) is 4.74 Å². The predicted octanol–water partition coefficient (Wildman–Crippen LogP) is 2.87. The number of esters is 1. The van der Waals surface area contributed by atoms with Crippen molar-refractivity contribution >= 4 is 23.6 Å². The number of benzene rings is 1. The van der Waals surface area contributed by atoms with Gasteiger partial charge in [0.25, 0.3) is 0 Å². The van der Waals surface area contributed by atoms with Crippen LogP contribution in [-0.4, -0.2) is 30.8 Å². The van der Waals surface area contributed by atoms with Gasteiger partial charge in [-0.05, 0) is 30.5 Å². The summed E-state index contributed by atoms with van der Waals surface area (Å²) >= 11 is 1.55. The van der Waals surface area contributed by atoms with Crippen LogP contribution in [0, 0.1) is 5.92 Å². The number of thioether (sulfide) groups is 1. The van der Waals surface area contributed by atoms with Gasteiger partial charge in [-0.1, -0.05) is 26.0 Å². The first-order valence-corrected chi connectivity index (χ1v) is 8.05. The van der Waals surface area contributed by atoms with E-state index >= 15 is 0 Å². The Morgan fingerprint density at radius 1 is 1.29 bits per heavy atom. The van der Waals surface area contributed by atoms with Crippen molar-refractivity contribution in [1.29, 1.82) is 0 Å². The molecule has 1 unspecified atom stereocenters. The van der Waals surface area contributed by atoms with Crippen LogP contribution in [0.3, 0.4) is 0 Å². The Morgan fingerprint density at radius 3 is 2.62 bits per heavy atom. The highest BCUT2D eigenvalue weighted by Crippen LogP contribution is 2.19. The zero-order valence-corrected chi connectivity index (χ0v) is 13.8. The van der Waals surface area contributed by atoms with Crippen LogP contribution in [0.1, 0.15) is 36.7 Å². The van der Waals surface area contributed by atoms with E-state index in [-0.39, 0.29) is 17.1 Å². The summed E-state index contributed by atoms with van der Waals surface area (Å²) in [4.78, 5) is 23.4. The lowest BCUT2D eigenvalue weighted by Crippen LogP contribution is -2.33. The van der Waals surface area contributed by atoms with Gasteiger partial charge in [-0.2, -0.15) is 0 Å². The van der Waals surface area contributed by atoms with Gasteiger partial charge in [-0.3, -0.25) is 4.79 Å². The molecule has 0 aliphatic carbocycles. The summed E-state index contributed by atoms with van der Waals surface area (Å²) in [5.41, 5.74) is 1.54. The van der Waals surface area contributed by atoms with Gasteiger partial charge in [0, 0.05) is 12.3 Å². The molecule has 5 heteroatoms. The van der Waals surface area contributed by atoms with Crippen LogP contribution in [0.25, 0.3) is 0 Å². The monoisotopic (exact) mass is 309 g/mol. The standard InChI is InChI=1S/C16H23NO3S/c1-11(2)9-17-15(18)12(3)21-10-13-6-5-7-14(8-13)16(19)20-4/h5-8,11-12H,9-10H2,1-4H3,(H,17,18). The van der Waals surface area contributed by atoms with E-state index in [9.17, 15) is 9.59 Å². The number of ether oxygens (including phenoxy) is 1. The average molecular weight is 309 g/mol. The van der Waals surface area contributed by atoms with Crippen LogP contribution < -0.4 is 5.32 Å². The summed E-state index contributed by atoms with van der Waals surface area (Å²) in [6, 6.07) is 7.29. The number of carbonyl (C=O) groups excluding carboxylic acids is 2. The third-order valence-corrected chi connectivity index (χ3v) is 4.12. The molecule has 1 amide bonds. The Balaban J connectivity index is 2.51. The number of carbonyl (C=O) groups is 2. The van der Waals surface area contributed by atoms with Gasteiger partial charge in [0.05, 0.1) is 17.9 Å². The molecule has 0 radical (unpaired) electrons. The first kappa shape index (κ1) is 17.6. The summed E-state index contributed by atoms with van der Waals surface area (Å²) in [7, 11) is 1.37. The van der Waals surface area contributed by atoms with Gasteiger partial charge in [0.2, 0.25) is 5.91 Å². The smallest absolute Gasteiger partial charge is 0.337 e. The Morgan fingerprint density at radius 2 is 2.00 bits per heavy atom. The molecule has 1 aromatic carbocycles. The Kier molecular flexibility index (Phi) is 7.29. The van der Waals surface area contributed by atoms with Crippen molar-refractivity contribution in [1.82, 2.24) is 5.32 Å². The van der Waals surface area contributed by atoms with Crippen LogP contribution in [0.4, 0.5) is 0 Å². The van der Waals surface area contributed by atoms with Gasteiger partial charge in [-0.15, -0.1) is 11.8 Å². The quantitative estimate of drug-likeness (QED) is 0.787. The van der Waals surface area contributed by atoms with Crippen molar-refractivity contribution < 1.29 is 14.3 Å². The number of hydrogen-bond acceptors (Lipinski definition) is 4. The molecule has 0 bridgehead atoms. The SMILES string of the molecule is COC(=O)c1cccc(CSC(C)C(=O)NCC(C)C)c1. The molecule has 0 saturated carbocycles. The number of methoxy groups -OCH3 is 1. The predicted molar refractivity (Wildman–Crippen MR) is 86.4 cm³/mol. The second-order valence-electron chi connectivity index (χ2n) is 5.28. The Bertz CT molecular complexity index is 488. The molecule has 21 heavy (non-hydrogen) atoms. The summed E-state index contributed by atoms with van der Waals surface area (Å²) in [6.07, 6.45) is 0. The minimum absolute atomic E-state index is 0.0535. The highest BCUT2D eigenvalue weighted by Gasteiger charge is 2.14. The lowest BCUT2D eigenvalue weighted by Gasteiger charge is -2.13. The largest absolute Gasteiger partial charge is 0.465 e. The van der Waals surface area contributed by atoms with E-state index in [1.807, 2.05) is 19.1 Å². The van der Waals surface area contributed by atoms with E-state index in [1.165, 1.54) is 7.11 Å². The van der Waals surface area contributed by atoms with Crippen LogP contribution in [-0.2, 0) is 15.3 Å². The van der Waals surface area contributed by atoms with Gasteiger partial charge < -0.3 is 10.1 Å². The maximum Gasteiger partial charge on any atom is 0.337 e. The van der Waals surface area contributed by atoms with Crippen molar-refractivity contribution in [3.63, 3.8) is 0 Å². The summed E-state index contributed by atoms with van der Waals surface area (Å²) in [6.45, 7) is 6.72. The molecule has 4 nitrogen and oxygen atoms in total. The maximum atomic E-state index is 11.9. The molecule has 0 aliphatic rings. The highest BCUT2D eigenvalue weighted by atomic mass is 32.2. The van der Waals surface area contributed by atoms with E-state index in [0.717, 1.165) is 5.56 Å². The van der Waals surface area contributed by atoms with E-state index in [2.05, 4.69) is 19.2 Å². The first-order valence-electron chi connectivity index (χ1n) is 7.00. The van der Waals surface area contributed by atoms with Crippen molar-refractivity contribution in [2.75, 3.05) is 13.7 Å². The van der Waals surface area contributed by atoms with Crippen LogP contribution in [0.2, 0.25) is 0 Å². The fourth-order valence-electron chi connectivity index (χ4n) is 1.65. The lowest BCUT2D eigenvalue weighted by atomic mass is 10.1. The van der Waals surface area contributed by atoms with E-state index in [1.54, 1.807) is 23.9 Å². The van der Waals surface area contributed by atoms with Crippen molar-refractivity contribution in [2.24, 2.45) is 5.92 Å². The summed E-state index contributed by atoms with van der Waals surface area (Å²) < 4.78 is 4.70. The molecule has 1 atom stereocenters. The molecule has 0 spiro atoms. The summed E-state index contributed by atoms with van der Waals surface area (Å²) in [5, 5.41) is 2.80. The molecule has 0 fully saturated rings. The van der Waals surface area contributed by atoms with Gasteiger partial charge >= 0.3 is 5.97 Å². The van der Waals surface area contributed by atoms with Crippen molar-refractivity contribution in [2.45, 2.75) is 31.8 Å². The molecule has 1 N–H and O–H groups in total. The molecular formula is C16H23NO3S. The highest BCUT2D eigenvalue weighted by molar-refractivity contribution is 7.99. The second kappa shape index (κ2) is 8.72. The zero-order chi connectivity index (χ0) is 15.8. The number of nitrogens with one attached hydrogen (secondary N) is 1. The number of rotatable bonds is 7. The van der Waals surface area contributed by atoms with Gasteiger partial charge in [-0.25, -0.2) is 4.79 Å². The average Bonchev–Trinajstić information content (AvgIpc) is 2.49. The third-order valence-electron chi connectivity index (χ3n) is 2.90. The minimum Gasteiger partial charge on any atom is -0.465 e. The first-order chi connectivity index (χ1) is 9.93. The molecule has 0 aromatic heterocycles. The molecule has 0 aliphatic heterocycles. The van der Waals surface area contributed by atoms with E-state index in [0.29, 0.717) is 23.8 Å². The molecule has 1 aromatic rings. The van der Waals surface area contributed by atoms with E-state index < -0.39 is 0 Å². The fraction of sp³-hybridized carbons (Fsp3) is 0.500. The third kappa shape index (κ3) is 6.21. The maximum absolute atomic E-state index is 11.9. The fourth-order valence-corrected chi connectivity index (χ4v) is 2.51. The number of hydrogen-bond donors (Lipinski definition) is 1. The zero-order valence-electron chi connectivity index (χ0n) is 13.0. The van der Waals surface area contributed by atoms with Crippen molar-refractivity contribution in [3.05, 3.63) is 35.4 Å².